The molecule has 0 radical (unpaired) electrons. The molecule has 1 atom stereocenters. The number of nitrogen functional groups attached to an aromatic ring is 1. The molecule has 1 heterocycles. The van der Waals surface area contributed by atoms with Gasteiger partial charge in [0.15, 0.2) is 0 Å². The standard InChI is InChI=1S/C14H22N2O3S/c1-10-6-13(15)7-11(2)14(10)20(17,18)16-8-12-4-3-5-19-9-12/h6-7,12,16H,3-5,8-9,15H2,1-2H3. The van der Waals surface area contributed by atoms with Gasteiger partial charge in [0.25, 0.3) is 0 Å². The third-order valence-corrected chi connectivity index (χ3v) is 5.30. The van der Waals surface area contributed by atoms with E-state index in [1.54, 1.807) is 26.0 Å². The number of nitrogens with one attached hydrogen (secondary N) is 1. The fraction of sp³-hybridized carbons (Fsp3) is 0.571. The zero-order valence-corrected chi connectivity index (χ0v) is 12.8. The van der Waals surface area contributed by atoms with Gasteiger partial charge in [0.1, 0.15) is 0 Å². The second kappa shape index (κ2) is 6.11. The van der Waals surface area contributed by atoms with Crippen LogP contribution in [0.3, 0.4) is 0 Å². The topological polar surface area (TPSA) is 81.4 Å². The van der Waals surface area contributed by atoms with Gasteiger partial charge in [-0.05, 0) is 55.9 Å². The van der Waals surface area contributed by atoms with E-state index < -0.39 is 10.0 Å². The van der Waals surface area contributed by atoms with E-state index in [2.05, 4.69) is 4.72 Å². The summed E-state index contributed by atoms with van der Waals surface area (Å²) in [6.45, 7) is 5.36. The molecule has 1 saturated heterocycles. The van der Waals surface area contributed by atoms with Crippen LogP contribution in [0.5, 0.6) is 0 Å². The minimum Gasteiger partial charge on any atom is -0.399 e. The molecule has 2 rings (SSSR count). The second-order valence-electron chi connectivity index (χ2n) is 5.42. The number of aryl methyl sites for hydroxylation is 2. The van der Waals surface area contributed by atoms with Crippen molar-refractivity contribution >= 4 is 15.7 Å². The average molecular weight is 298 g/mol. The van der Waals surface area contributed by atoms with Crippen LogP contribution in [-0.4, -0.2) is 28.2 Å². The Balaban J connectivity index is 2.14. The Morgan fingerprint density at radius 1 is 1.35 bits per heavy atom. The summed E-state index contributed by atoms with van der Waals surface area (Å²) in [5.74, 6) is 0.257. The van der Waals surface area contributed by atoms with E-state index in [1.807, 2.05) is 0 Å². The van der Waals surface area contributed by atoms with Crippen molar-refractivity contribution in [3.05, 3.63) is 23.3 Å². The third-order valence-electron chi connectivity index (χ3n) is 3.57. The van der Waals surface area contributed by atoms with Crippen molar-refractivity contribution in [1.82, 2.24) is 4.72 Å². The summed E-state index contributed by atoms with van der Waals surface area (Å²) in [5.41, 5.74) is 7.67. The molecular weight excluding hydrogens is 276 g/mol. The Morgan fingerprint density at radius 3 is 2.55 bits per heavy atom. The number of nitrogens with two attached hydrogens (primary N) is 1. The molecular formula is C14H22N2O3S. The van der Waals surface area contributed by atoms with Crippen LogP contribution in [0.2, 0.25) is 0 Å². The normalized spacial score (nSPS) is 20.0. The van der Waals surface area contributed by atoms with Crippen LogP contribution in [-0.2, 0) is 14.8 Å². The van der Waals surface area contributed by atoms with Crippen molar-refractivity contribution in [3.63, 3.8) is 0 Å². The summed E-state index contributed by atoms with van der Waals surface area (Å²) in [6, 6.07) is 3.37. The van der Waals surface area contributed by atoms with Crippen LogP contribution < -0.4 is 10.5 Å². The summed E-state index contributed by atoms with van der Waals surface area (Å²) in [5, 5.41) is 0. The number of hydrogen-bond donors (Lipinski definition) is 2. The quantitative estimate of drug-likeness (QED) is 0.827. The minimum absolute atomic E-state index is 0.257. The Kier molecular flexibility index (Phi) is 4.67. The molecule has 1 aromatic rings. The van der Waals surface area contributed by atoms with Gasteiger partial charge < -0.3 is 10.5 Å². The van der Waals surface area contributed by atoms with Gasteiger partial charge in [0, 0.05) is 18.8 Å². The van der Waals surface area contributed by atoms with E-state index in [-0.39, 0.29) is 5.92 Å². The maximum Gasteiger partial charge on any atom is 0.241 e. The van der Waals surface area contributed by atoms with Gasteiger partial charge >= 0.3 is 0 Å². The molecule has 1 fully saturated rings. The van der Waals surface area contributed by atoms with Gasteiger partial charge in [0.05, 0.1) is 11.5 Å². The fourth-order valence-electron chi connectivity index (χ4n) is 2.68. The molecule has 112 valence electrons. The van der Waals surface area contributed by atoms with Crippen molar-refractivity contribution in [1.29, 1.82) is 0 Å². The van der Waals surface area contributed by atoms with Crippen LogP contribution in [0, 0.1) is 19.8 Å². The molecule has 3 N–H and O–H groups in total. The van der Waals surface area contributed by atoms with Crippen LogP contribution in [0.1, 0.15) is 24.0 Å². The van der Waals surface area contributed by atoms with Crippen LogP contribution in [0.25, 0.3) is 0 Å². The van der Waals surface area contributed by atoms with Crippen molar-refractivity contribution in [2.45, 2.75) is 31.6 Å². The largest absolute Gasteiger partial charge is 0.399 e. The highest BCUT2D eigenvalue weighted by Gasteiger charge is 2.22. The van der Waals surface area contributed by atoms with E-state index in [4.69, 9.17) is 10.5 Å². The predicted molar refractivity (Wildman–Crippen MR) is 79.1 cm³/mol. The van der Waals surface area contributed by atoms with Crippen molar-refractivity contribution in [2.75, 3.05) is 25.5 Å². The third kappa shape index (κ3) is 3.50. The van der Waals surface area contributed by atoms with Crippen molar-refractivity contribution < 1.29 is 13.2 Å². The molecule has 1 aromatic carbocycles. The Morgan fingerprint density at radius 2 is 2.00 bits per heavy atom. The predicted octanol–water partition coefficient (Wildman–Crippen LogP) is 1.59. The first-order valence-corrected chi connectivity index (χ1v) is 8.32. The summed E-state index contributed by atoms with van der Waals surface area (Å²) in [4.78, 5) is 0.337. The van der Waals surface area contributed by atoms with Gasteiger partial charge in [-0.25, -0.2) is 13.1 Å². The molecule has 1 aliphatic rings. The summed E-state index contributed by atoms with van der Waals surface area (Å²) < 4.78 is 32.9. The van der Waals surface area contributed by atoms with Crippen LogP contribution >= 0.6 is 0 Å². The van der Waals surface area contributed by atoms with E-state index in [0.717, 1.165) is 19.4 Å². The van der Waals surface area contributed by atoms with Crippen LogP contribution in [0.4, 0.5) is 5.69 Å². The number of ether oxygens (including phenoxy) is 1. The monoisotopic (exact) mass is 298 g/mol. The van der Waals surface area contributed by atoms with Gasteiger partial charge in [-0.1, -0.05) is 0 Å². The fourth-order valence-corrected chi connectivity index (χ4v) is 4.24. The van der Waals surface area contributed by atoms with Crippen LogP contribution in [0.15, 0.2) is 17.0 Å². The molecule has 0 bridgehead atoms. The zero-order chi connectivity index (χ0) is 14.8. The van der Waals surface area contributed by atoms with Gasteiger partial charge in [-0.2, -0.15) is 0 Å². The maximum absolute atomic E-state index is 12.4. The highest BCUT2D eigenvalue weighted by molar-refractivity contribution is 7.89. The van der Waals surface area contributed by atoms with E-state index in [9.17, 15) is 8.42 Å². The first-order chi connectivity index (χ1) is 9.40. The molecule has 0 amide bonds. The van der Waals surface area contributed by atoms with E-state index >= 15 is 0 Å². The number of benzene rings is 1. The number of hydrogen-bond acceptors (Lipinski definition) is 4. The maximum atomic E-state index is 12.4. The molecule has 1 aliphatic heterocycles. The number of sulfonamides is 1. The second-order valence-corrected chi connectivity index (χ2v) is 7.12. The molecule has 6 heteroatoms. The minimum atomic E-state index is -3.50. The summed E-state index contributed by atoms with van der Waals surface area (Å²) in [6.07, 6.45) is 1.99. The Hall–Kier alpha value is -1.11. The lowest BCUT2D eigenvalue weighted by atomic mass is 10.0. The van der Waals surface area contributed by atoms with Gasteiger partial charge in [-0.3, -0.25) is 0 Å². The van der Waals surface area contributed by atoms with Crippen molar-refractivity contribution in [2.24, 2.45) is 5.92 Å². The molecule has 20 heavy (non-hydrogen) atoms. The van der Waals surface area contributed by atoms with Gasteiger partial charge in [-0.15, -0.1) is 0 Å². The molecule has 0 aromatic heterocycles. The van der Waals surface area contributed by atoms with E-state index in [0.29, 0.717) is 34.9 Å². The number of rotatable bonds is 4. The zero-order valence-electron chi connectivity index (χ0n) is 12.0. The van der Waals surface area contributed by atoms with Gasteiger partial charge in [0.2, 0.25) is 10.0 Å². The first kappa shape index (κ1) is 15.3. The number of anilines is 1. The highest BCUT2D eigenvalue weighted by Crippen LogP contribution is 2.23. The lowest BCUT2D eigenvalue weighted by Crippen LogP contribution is -2.33. The SMILES string of the molecule is Cc1cc(N)cc(C)c1S(=O)(=O)NCC1CCCOC1. The molecule has 5 nitrogen and oxygen atoms in total. The average Bonchev–Trinajstić information content (AvgIpc) is 2.36. The molecule has 0 aliphatic carbocycles. The lowest BCUT2D eigenvalue weighted by molar-refractivity contribution is 0.0568. The first-order valence-electron chi connectivity index (χ1n) is 6.84. The molecule has 0 spiro atoms. The Labute approximate surface area is 120 Å². The molecule has 1 unspecified atom stereocenters. The molecule has 0 saturated carbocycles. The van der Waals surface area contributed by atoms with E-state index in [1.165, 1.54) is 0 Å². The van der Waals surface area contributed by atoms with Crippen molar-refractivity contribution in [3.8, 4) is 0 Å². The Bertz CT molecular complexity index is 555. The smallest absolute Gasteiger partial charge is 0.241 e. The summed E-state index contributed by atoms with van der Waals surface area (Å²) >= 11 is 0. The highest BCUT2D eigenvalue weighted by atomic mass is 32.2. The lowest BCUT2D eigenvalue weighted by Gasteiger charge is -2.22. The summed E-state index contributed by atoms with van der Waals surface area (Å²) in [7, 11) is -3.50.